The van der Waals surface area contributed by atoms with Crippen molar-refractivity contribution in [3.05, 3.63) is 81.9 Å². The summed E-state index contributed by atoms with van der Waals surface area (Å²) in [6.45, 7) is 4.15. The number of aryl methyl sites for hydroxylation is 2. The molecule has 3 rings (SSSR count). The third-order valence-electron chi connectivity index (χ3n) is 4.08. The molecule has 0 aliphatic heterocycles. The minimum Gasteiger partial charge on any atom is -0.320 e. The largest absolute Gasteiger partial charge is 0.320 e. The van der Waals surface area contributed by atoms with Crippen molar-refractivity contribution in [2.45, 2.75) is 19.9 Å². The van der Waals surface area contributed by atoms with Crippen molar-refractivity contribution in [2.24, 2.45) is 5.73 Å². The van der Waals surface area contributed by atoms with E-state index in [1.807, 2.05) is 18.2 Å². The lowest BCUT2D eigenvalue weighted by molar-refractivity contribution is 0.871. The quantitative estimate of drug-likeness (QED) is 0.694. The summed E-state index contributed by atoms with van der Waals surface area (Å²) in [5, 5.41) is 3.16. The zero-order valence-electron chi connectivity index (χ0n) is 12.2. The molecule has 0 spiro atoms. The number of hydrogen-bond acceptors (Lipinski definition) is 1. The molecule has 2 heteroatoms. The molecule has 0 fully saturated rings. The molecule has 0 saturated heterocycles. The van der Waals surface area contributed by atoms with Crippen LogP contribution in [0.4, 0.5) is 0 Å². The van der Waals surface area contributed by atoms with Gasteiger partial charge in [0.25, 0.3) is 0 Å². The summed E-state index contributed by atoms with van der Waals surface area (Å²) < 4.78 is 0. The van der Waals surface area contributed by atoms with Crippen molar-refractivity contribution in [1.82, 2.24) is 0 Å². The third kappa shape index (κ3) is 2.67. The molecule has 106 valence electrons. The molecule has 0 aromatic heterocycles. The van der Waals surface area contributed by atoms with E-state index in [9.17, 15) is 0 Å². The Morgan fingerprint density at radius 3 is 2.29 bits per heavy atom. The van der Waals surface area contributed by atoms with Gasteiger partial charge in [-0.2, -0.15) is 0 Å². The van der Waals surface area contributed by atoms with Crippen LogP contribution in [-0.2, 0) is 0 Å². The fourth-order valence-electron chi connectivity index (χ4n) is 2.62. The molecule has 1 nitrogen and oxygen atoms in total. The molecule has 0 heterocycles. The van der Waals surface area contributed by atoms with Gasteiger partial charge in [0.05, 0.1) is 6.04 Å². The number of fused-ring (bicyclic) bond motifs is 1. The van der Waals surface area contributed by atoms with E-state index in [1.165, 1.54) is 21.9 Å². The van der Waals surface area contributed by atoms with E-state index in [0.717, 1.165) is 16.1 Å². The maximum Gasteiger partial charge on any atom is 0.0566 e. The molecule has 0 bridgehead atoms. The lowest BCUT2D eigenvalue weighted by Gasteiger charge is -2.17. The fourth-order valence-corrected chi connectivity index (χ4v) is 2.96. The van der Waals surface area contributed by atoms with Crippen LogP contribution in [0, 0.1) is 13.8 Å². The van der Waals surface area contributed by atoms with Gasteiger partial charge in [-0.1, -0.05) is 54.1 Å². The van der Waals surface area contributed by atoms with E-state index in [1.54, 1.807) is 0 Å². The van der Waals surface area contributed by atoms with Gasteiger partial charge in [-0.25, -0.2) is 0 Å². The third-order valence-corrected chi connectivity index (χ3v) is 4.41. The number of halogens is 1. The monoisotopic (exact) mass is 295 g/mol. The Bertz CT molecular complexity index is 808. The van der Waals surface area contributed by atoms with Crippen molar-refractivity contribution in [3.8, 4) is 0 Å². The summed E-state index contributed by atoms with van der Waals surface area (Å²) in [4.78, 5) is 0. The molecule has 0 aliphatic rings. The second kappa shape index (κ2) is 5.51. The molecule has 2 N–H and O–H groups in total. The molecular formula is C19H18ClN. The van der Waals surface area contributed by atoms with Gasteiger partial charge in [-0.15, -0.1) is 0 Å². The van der Waals surface area contributed by atoms with E-state index in [2.05, 4.69) is 50.2 Å². The normalized spacial score (nSPS) is 12.6. The summed E-state index contributed by atoms with van der Waals surface area (Å²) in [5.41, 5.74) is 10.9. The van der Waals surface area contributed by atoms with Crippen LogP contribution >= 0.6 is 11.6 Å². The van der Waals surface area contributed by atoms with Crippen molar-refractivity contribution in [2.75, 3.05) is 0 Å². The Hall–Kier alpha value is -1.83. The van der Waals surface area contributed by atoms with Gasteiger partial charge in [-0.3, -0.25) is 0 Å². The molecule has 1 atom stereocenters. The zero-order valence-corrected chi connectivity index (χ0v) is 13.0. The Morgan fingerprint density at radius 1 is 0.857 bits per heavy atom. The minimum absolute atomic E-state index is 0.207. The first-order chi connectivity index (χ1) is 10.1. The SMILES string of the molecule is Cc1cc(Cl)c(C(N)c2ccc3ccccc3c2)cc1C. The lowest BCUT2D eigenvalue weighted by atomic mass is 9.94. The average Bonchev–Trinajstić information content (AvgIpc) is 2.50. The Morgan fingerprint density at radius 2 is 1.52 bits per heavy atom. The Balaban J connectivity index is 2.07. The van der Waals surface area contributed by atoms with Gasteiger partial charge in [0, 0.05) is 5.02 Å². The second-order valence-corrected chi connectivity index (χ2v) is 5.95. The zero-order chi connectivity index (χ0) is 15.0. The fraction of sp³-hybridized carbons (Fsp3) is 0.158. The molecule has 3 aromatic rings. The topological polar surface area (TPSA) is 26.0 Å². The summed E-state index contributed by atoms with van der Waals surface area (Å²) in [6.07, 6.45) is 0. The van der Waals surface area contributed by atoms with Crippen LogP contribution < -0.4 is 5.73 Å². The van der Waals surface area contributed by atoms with Crippen LogP contribution in [0.5, 0.6) is 0 Å². The van der Waals surface area contributed by atoms with Crippen LogP contribution in [0.2, 0.25) is 5.02 Å². The minimum atomic E-state index is -0.207. The predicted molar refractivity (Wildman–Crippen MR) is 90.9 cm³/mol. The van der Waals surface area contributed by atoms with Crippen LogP contribution in [0.1, 0.15) is 28.3 Å². The number of rotatable bonds is 2. The number of nitrogens with two attached hydrogens (primary N) is 1. The van der Waals surface area contributed by atoms with E-state index in [-0.39, 0.29) is 6.04 Å². The van der Waals surface area contributed by atoms with Gasteiger partial charge in [-0.05, 0) is 59.0 Å². The van der Waals surface area contributed by atoms with E-state index < -0.39 is 0 Å². The van der Waals surface area contributed by atoms with Gasteiger partial charge in [0.15, 0.2) is 0 Å². The van der Waals surface area contributed by atoms with E-state index in [4.69, 9.17) is 17.3 Å². The number of benzene rings is 3. The summed E-state index contributed by atoms with van der Waals surface area (Å²) in [6, 6.07) is 18.5. The lowest BCUT2D eigenvalue weighted by Crippen LogP contribution is -2.13. The first-order valence-corrected chi connectivity index (χ1v) is 7.45. The van der Waals surface area contributed by atoms with Crippen LogP contribution in [0.25, 0.3) is 10.8 Å². The van der Waals surface area contributed by atoms with Crippen molar-refractivity contribution >= 4 is 22.4 Å². The van der Waals surface area contributed by atoms with Crippen LogP contribution in [0.3, 0.4) is 0 Å². The van der Waals surface area contributed by atoms with Gasteiger partial charge < -0.3 is 5.73 Å². The maximum atomic E-state index is 6.44. The molecular weight excluding hydrogens is 278 g/mol. The first kappa shape index (κ1) is 14.1. The molecule has 0 amide bonds. The standard InChI is InChI=1S/C19H18ClN/c1-12-9-17(18(20)10-13(12)2)19(21)16-8-7-14-5-3-4-6-15(14)11-16/h3-11,19H,21H2,1-2H3. The average molecular weight is 296 g/mol. The van der Waals surface area contributed by atoms with Crippen molar-refractivity contribution < 1.29 is 0 Å². The van der Waals surface area contributed by atoms with Crippen LogP contribution in [0.15, 0.2) is 54.6 Å². The van der Waals surface area contributed by atoms with E-state index >= 15 is 0 Å². The Labute approximate surface area is 130 Å². The highest BCUT2D eigenvalue weighted by atomic mass is 35.5. The first-order valence-electron chi connectivity index (χ1n) is 7.07. The van der Waals surface area contributed by atoms with Crippen molar-refractivity contribution in [3.63, 3.8) is 0 Å². The molecule has 21 heavy (non-hydrogen) atoms. The van der Waals surface area contributed by atoms with E-state index in [0.29, 0.717) is 0 Å². The second-order valence-electron chi connectivity index (χ2n) is 5.54. The van der Waals surface area contributed by atoms with Gasteiger partial charge >= 0.3 is 0 Å². The Kier molecular flexibility index (Phi) is 3.71. The highest BCUT2D eigenvalue weighted by Gasteiger charge is 2.14. The van der Waals surface area contributed by atoms with Gasteiger partial charge in [0.2, 0.25) is 0 Å². The predicted octanol–water partition coefficient (Wildman–Crippen LogP) is 5.16. The molecule has 3 aromatic carbocycles. The maximum absolute atomic E-state index is 6.44. The van der Waals surface area contributed by atoms with Gasteiger partial charge in [0.1, 0.15) is 0 Å². The van der Waals surface area contributed by atoms with Crippen LogP contribution in [-0.4, -0.2) is 0 Å². The molecule has 0 saturated carbocycles. The number of hydrogen-bond donors (Lipinski definition) is 1. The molecule has 0 radical (unpaired) electrons. The highest BCUT2D eigenvalue weighted by Crippen LogP contribution is 2.30. The summed E-state index contributed by atoms with van der Waals surface area (Å²) in [7, 11) is 0. The smallest absolute Gasteiger partial charge is 0.0566 e. The summed E-state index contributed by atoms with van der Waals surface area (Å²) in [5.74, 6) is 0. The summed E-state index contributed by atoms with van der Waals surface area (Å²) >= 11 is 6.38. The van der Waals surface area contributed by atoms with Crippen molar-refractivity contribution in [1.29, 1.82) is 0 Å². The highest BCUT2D eigenvalue weighted by molar-refractivity contribution is 6.31. The molecule has 1 unspecified atom stereocenters. The molecule has 0 aliphatic carbocycles.